The topological polar surface area (TPSA) is 197 Å². The highest BCUT2D eigenvalue weighted by Crippen LogP contribution is 2.26. The number of nitrogens with zero attached hydrogens (tertiary/aromatic N) is 3. The van der Waals surface area contributed by atoms with Crippen molar-refractivity contribution in [2.75, 3.05) is 52.4 Å². The molecule has 1 aliphatic carbocycles. The van der Waals surface area contributed by atoms with Gasteiger partial charge in [-0.3, -0.25) is 19.5 Å². The van der Waals surface area contributed by atoms with Crippen LogP contribution in [0.1, 0.15) is 56.2 Å². The van der Waals surface area contributed by atoms with Crippen LogP contribution in [0.5, 0.6) is 5.75 Å². The summed E-state index contributed by atoms with van der Waals surface area (Å²) < 4.78 is 0. The van der Waals surface area contributed by atoms with E-state index in [-0.39, 0.29) is 12.0 Å². The minimum Gasteiger partial charge on any atom is -0.508 e. The van der Waals surface area contributed by atoms with E-state index in [0.29, 0.717) is 30.3 Å². The summed E-state index contributed by atoms with van der Waals surface area (Å²) in [6.07, 6.45) is 3.59. The van der Waals surface area contributed by atoms with Crippen molar-refractivity contribution >= 4 is 12.2 Å². The molecule has 50 heavy (non-hydrogen) atoms. The number of hydrogen-bond acceptors (Lipinski definition) is 11. The number of primary amides is 1. The normalized spacial score (nSPS) is 19.4. The van der Waals surface area contributed by atoms with Crippen LogP contribution >= 0.6 is 0 Å². The fourth-order valence-corrected chi connectivity index (χ4v) is 5.80. The highest BCUT2D eigenvalue weighted by atomic mass is 16.3. The third kappa shape index (κ3) is 15.8. The van der Waals surface area contributed by atoms with Crippen LogP contribution in [-0.4, -0.2) is 117 Å². The zero-order valence-corrected chi connectivity index (χ0v) is 30.0. The number of hydrogen-bond donors (Lipinski definition) is 7. The lowest BCUT2D eigenvalue weighted by Crippen LogP contribution is -2.37. The first-order valence-corrected chi connectivity index (χ1v) is 17.5. The summed E-state index contributed by atoms with van der Waals surface area (Å²) in [5.74, 6) is 0.341. The summed E-state index contributed by atoms with van der Waals surface area (Å²) in [4.78, 5) is 26.7. The number of aromatic hydroxyl groups is 1. The monoisotopic (exact) mass is 697 g/mol. The summed E-state index contributed by atoms with van der Waals surface area (Å²) in [7, 11) is 0. The summed E-state index contributed by atoms with van der Waals surface area (Å²) in [5, 5.41) is 45.5. The van der Waals surface area contributed by atoms with Crippen molar-refractivity contribution in [3.63, 3.8) is 0 Å². The molecule has 2 aromatic rings. The number of amides is 1. The Labute approximate surface area is 297 Å². The molecule has 2 aliphatic rings. The van der Waals surface area contributed by atoms with E-state index in [2.05, 4.69) is 76.8 Å². The summed E-state index contributed by atoms with van der Waals surface area (Å²) >= 11 is 0. The van der Waals surface area contributed by atoms with Crippen LogP contribution in [0.25, 0.3) is 0 Å². The Morgan fingerprint density at radius 3 is 2.00 bits per heavy atom. The van der Waals surface area contributed by atoms with Gasteiger partial charge in [0.2, 0.25) is 5.91 Å². The van der Waals surface area contributed by atoms with Gasteiger partial charge in [-0.15, -0.1) is 0 Å². The number of allylic oxidation sites excluding steroid dienone is 2. The number of aldehydes is 1. The smallest absolute Gasteiger partial charge is 0.246 e. The molecule has 1 fully saturated rings. The maximum Gasteiger partial charge on any atom is 0.246 e. The molecule has 0 radical (unpaired) electrons. The number of rotatable bonds is 10. The first-order valence-electron chi connectivity index (χ1n) is 17.5. The number of nitrogens with two attached hydrogens (primary N) is 2. The van der Waals surface area contributed by atoms with Gasteiger partial charge in [0.05, 0.1) is 12.3 Å². The molecule has 1 amide bonds. The zero-order valence-electron chi connectivity index (χ0n) is 30.0. The average molecular weight is 698 g/mol. The fourth-order valence-electron chi connectivity index (χ4n) is 5.80. The second-order valence-electron chi connectivity index (χ2n) is 13.1. The number of carbonyl (C=O) groups excluding carboxylic acids is 2. The van der Waals surface area contributed by atoms with E-state index < -0.39 is 24.7 Å². The molecule has 0 spiro atoms. The maximum absolute atomic E-state index is 10.7. The van der Waals surface area contributed by atoms with E-state index in [1.165, 1.54) is 11.1 Å². The quantitative estimate of drug-likeness (QED) is 0.180. The number of carbonyl (C=O) groups is 2. The summed E-state index contributed by atoms with van der Waals surface area (Å²) in [5.41, 5.74) is 15.9. The van der Waals surface area contributed by atoms with Gasteiger partial charge < -0.3 is 41.8 Å². The van der Waals surface area contributed by atoms with Crippen molar-refractivity contribution in [2.24, 2.45) is 17.4 Å². The van der Waals surface area contributed by atoms with E-state index in [9.17, 15) is 19.8 Å². The molecule has 3 unspecified atom stereocenters. The van der Waals surface area contributed by atoms with Gasteiger partial charge in [-0.1, -0.05) is 68.0 Å². The molecule has 1 aliphatic heterocycles. The van der Waals surface area contributed by atoms with Crippen LogP contribution in [0, 0.1) is 12.8 Å². The summed E-state index contributed by atoms with van der Waals surface area (Å²) in [6, 6.07) is 16.6. The Kier molecular flexibility index (Phi) is 19.4. The van der Waals surface area contributed by atoms with Crippen LogP contribution in [0.3, 0.4) is 0 Å². The zero-order chi connectivity index (χ0) is 37.1. The lowest BCUT2D eigenvalue weighted by Gasteiger charge is -2.29. The lowest BCUT2D eigenvalue weighted by atomic mass is 9.93. The predicted octanol–water partition coefficient (Wildman–Crippen LogP) is 2.58. The largest absolute Gasteiger partial charge is 0.508 e. The molecule has 1 heterocycles. The predicted molar refractivity (Wildman–Crippen MR) is 196 cm³/mol. The minimum atomic E-state index is -1.19. The third-order valence-corrected chi connectivity index (χ3v) is 8.60. The van der Waals surface area contributed by atoms with Gasteiger partial charge in [-0.05, 0) is 76.3 Å². The molecule has 1 saturated heterocycles. The van der Waals surface area contributed by atoms with Crippen LogP contribution in [0.4, 0.5) is 0 Å². The van der Waals surface area contributed by atoms with Gasteiger partial charge in [0.25, 0.3) is 0 Å². The lowest BCUT2D eigenvalue weighted by molar-refractivity contribution is -0.126. The Hall–Kier alpha value is -3.78. The van der Waals surface area contributed by atoms with E-state index in [1.54, 1.807) is 13.0 Å². The van der Waals surface area contributed by atoms with Crippen molar-refractivity contribution in [3.05, 3.63) is 88.3 Å². The maximum atomic E-state index is 10.7. The Balaban J connectivity index is 0.000000566. The van der Waals surface area contributed by atoms with E-state index >= 15 is 0 Å². The fraction of sp³-hybridized carbons (Fsp3) is 0.526. The first kappa shape index (κ1) is 42.4. The molecule has 9 N–H and O–H groups in total. The number of aliphatic hydroxyl groups excluding tert-OH is 4. The SMILES string of the molecule is CCC(O)C(N)=O.Cc1ccc(O)c(CN2CCCN(Cc3ccccc3)CCCN(CC3=CC(C)CC(N)=C3O)CC2)c1.O=CC(O)CO. The van der Waals surface area contributed by atoms with E-state index in [4.69, 9.17) is 21.1 Å². The molecule has 12 heteroatoms. The molecular weight excluding hydrogens is 638 g/mol. The Morgan fingerprint density at radius 2 is 1.50 bits per heavy atom. The third-order valence-electron chi connectivity index (χ3n) is 8.60. The number of phenols is 1. The molecular formula is C38H59N5O7. The minimum absolute atomic E-state index is 0.277. The van der Waals surface area contributed by atoms with Crippen molar-refractivity contribution in [1.29, 1.82) is 0 Å². The van der Waals surface area contributed by atoms with Crippen molar-refractivity contribution in [3.8, 4) is 5.75 Å². The van der Waals surface area contributed by atoms with Gasteiger partial charge >= 0.3 is 0 Å². The number of benzene rings is 2. The standard InChI is InChI=1S/C31H44N4O2.C4H9NO2.C3H6O3/c1-24-10-11-30(36)27(18-24)22-34-14-6-12-33(21-26-8-4-3-5-9-26)13-7-15-35(17-16-34)23-28-19-25(2)20-29(32)31(28)37;1-2-3(6)4(5)7;4-1-3(6)2-5/h3-5,8-11,18-19,25,36-37H,6-7,12-17,20-23,32H2,1-2H3;3,6H,2H2,1H3,(H2,5,7);1,3,5-6H,2H2. The molecule has 0 bridgehead atoms. The molecule has 0 saturated carbocycles. The van der Waals surface area contributed by atoms with Crippen LogP contribution in [0.2, 0.25) is 0 Å². The number of phenolic OH excluding ortho intramolecular Hbond substituents is 1. The molecule has 3 atom stereocenters. The van der Waals surface area contributed by atoms with Crippen LogP contribution in [-0.2, 0) is 22.7 Å². The van der Waals surface area contributed by atoms with Gasteiger partial charge in [0.1, 0.15) is 23.7 Å². The highest BCUT2D eigenvalue weighted by molar-refractivity contribution is 5.78. The van der Waals surface area contributed by atoms with Crippen molar-refractivity contribution in [2.45, 2.75) is 71.8 Å². The molecule has 278 valence electrons. The van der Waals surface area contributed by atoms with Gasteiger partial charge in [-0.25, -0.2) is 0 Å². The highest BCUT2D eigenvalue weighted by Gasteiger charge is 2.21. The number of aryl methyl sites for hydroxylation is 1. The molecule has 2 aromatic carbocycles. The van der Waals surface area contributed by atoms with Crippen molar-refractivity contribution in [1.82, 2.24) is 14.7 Å². The Bertz CT molecular complexity index is 1370. The van der Waals surface area contributed by atoms with Gasteiger partial charge in [-0.2, -0.15) is 0 Å². The second kappa shape index (κ2) is 22.8. The average Bonchev–Trinajstić information content (AvgIpc) is 3.14. The van der Waals surface area contributed by atoms with Gasteiger partial charge in [0, 0.05) is 43.9 Å². The van der Waals surface area contributed by atoms with Crippen LogP contribution in [0.15, 0.2) is 71.6 Å². The van der Waals surface area contributed by atoms with Crippen molar-refractivity contribution < 1.29 is 35.1 Å². The molecule has 12 nitrogen and oxygen atoms in total. The molecule has 0 aromatic heterocycles. The summed E-state index contributed by atoms with van der Waals surface area (Å²) in [6.45, 7) is 13.7. The van der Waals surface area contributed by atoms with Gasteiger partial charge in [0.15, 0.2) is 6.29 Å². The second-order valence-corrected chi connectivity index (χ2v) is 13.1. The number of aliphatic hydroxyl groups is 4. The van der Waals surface area contributed by atoms with E-state index in [1.807, 2.05) is 6.07 Å². The Morgan fingerprint density at radius 1 is 0.920 bits per heavy atom. The molecule has 4 rings (SSSR count). The van der Waals surface area contributed by atoms with Crippen LogP contribution < -0.4 is 11.5 Å². The van der Waals surface area contributed by atoms with E-state index in [0.717, 1.165) is 82.8 Å². The first-order chi connectivity index (χ1) is 23.9.